The van der Waals surface area contributed by atoms with E-state index < -0.39 is 0 Å². The molecule has 104 valence electrons. The maximum absolute atomic E-state index is 11.1. The fourth-order valence-electron chi connectivity index (χ4n) is 2.05. The average molecular weight is 262 g/mol. The first-order valence-electron chi connectivity index (χ1n) is 6.99. The second-order valence-electron chi connectivity index (χ2n) is 4.93. The topological polar surface area (TPSA) is 50.4 Å². The number of hydrogen-bond acceptors (Lipinski definition) is 3. The summed E-state index contributed by atoms with van der Waals surface area (Å²) in [5.41, 5.74) is 1.21. The Hall–Kier alpha value is -1.55. The number of ether oxygens (including phenoxy) is 1. The zero-order chi connectivity index (χ0) is 13.5. The van der Waals surface area contributed by atoms with Gasteiger partial charge in [0.25, 0.3) is 0 Å². The van der Waals surface area contributed by atoms with E-state index in [0.29, 0.717) is 6.42 Å². The first kappa shape index (κ1) is 13.9. The van der Waals surface area contributed by atoms with E-state index in [1.165, 1.54) is 5.56 Å². The molecule has 1 saturated heterocycles. The van der Waals surface area contributed by atoms with Crippen molar-refractivity contribution in [3.63, 3.8) is 0 Å². The molecule has 1 aliphatic rings. The molecule has 1 fully saturated rings. The van der Waals surface area contributed by atoms with Gasteiger partial charge >= 0.3 is 0 Å². The monoisotopic (exact) mass is 262 g/mol. The summed E-state index contributed by atoms with van der Waals surface area (Å²) in [4.78, 5) is 11.1. The maximum atomic E-state index is 11.1. The number of unbranched alkanes of at least 4 members (excludes halogenated alkanes) is 1. The van der Waals surface area contributed by atoms with Crippen LogP contribution < -0.4 is 15.4 Å². The van der Waals surface area contributed by atoms with E-state index in [0.717, 1.165) is 38.3 Å². The van der Waals surface area contributed by atoms with Gasteiger partial charge in [-0.15, -0.1) is 0 Å². The second kappa shape index (κ2) is 7.14. The average Bonchev–Trinajstić information content (AvgIpc) is 2.84. The number of hydrogen-bond donors (Lipinski definition) is 2. The van der Waals surface area contributed by atoms with E-state index in [1.54, 1.807) is 0 Å². The number of benzene rings is 1. The van der Waals surface area contributed by atoms with Crippen LogP contribution in [-0.4, -0.2) is 25.1 Å². The van der Waals surface area contributed by atoms with Crippen molar-refractivity contribution in [3.05, 3.63) is 29.8 Å². The van der Waals surface area contributed by atoms with Crippen LogP contribution in [0.25, 0.3) is 0 Å². The SMILES string of the molecule is CCCCOc1ccc(CNC2CNC(=O)C2)cc1. The Labute approximate surface area is 114 Å². The summed E-state index contributed by atoms with van der Waals surface area (Å²) in [7, 11) is 0. The summed E-state index contributed by atoms with van der Waals surface area (Å²) in [6.45, 7) is 4.45. The molecular formula is C15H22N2O2. The highest BCUT2D eigenvalue weighted by molar-refractivity contribution is 5.78. The molecular weight excluding hydrogens is 240 g/mol. The Morgan fingerprint density at radius 1 is 1.37 bits per heavy atom. The van der Waals surface area contributed by atoms with E-state index >= 15 is 0 Å². The Bertz CT molecular complexity index is 403. The molecule has 0 saturated carbocycles. The van der Waals surface area contributed by atoms with Crippen LogP contribution in [-0.2, 0) is 11.3 Å². The van der Waals surface area contributed by atoms with E-state index in [4.69, 9.17) is 4.74 Å². The fourth-order valence-corrected chi connectivity index (χ4v) is 2.05. The van der Waals surface area contributed by atoms with Gasteiger partial charge in [0, 0.05) is 25.6 Å². The summed E-state index contributed by atoms with van der Waals surface area (Å²) in [6.07, 6.45) is 2.82. The first-order chi connectivity index (χ1) is 9.28. The predicted octanol–water partition coefficient (Wildman–Crippen LogP) is 1.84. The standard InChI is InChI=1S/C15H22N2O2/c1-2-3-8-19-14-6-4-12(5-7-14)10-16-13-9-15(18)17-11-13/h4-7,13,16H,2-3,8-11H2,1H3,(H,17,18). The van der Waals surface area contributed by atoms with Gasteiger partial charge in [0.2, 0.25) is 5.91 Å². The van der Waals surface area contributed by atoms with Crippen molar-refractivity contribution in [1.82, 2.24) is 10.6 Å². The van der Waals surface area contributed by atoms with Crippen LogP contribution in [0, 0.1) is 0 Å². The van der Waals surface area contributed by atoms with Gasteiger partial charge in [0.15, 0.2) is 0 Å². The molecule has 0 bridgehead atoms. The van der Waals surface area contributed by atoms with Gasteiger partial charge < -0.3 is 15.4 Å². The first-order valence-corrected chi connectivity index (χ1v) is 6.99. The largest absolute Gasteiger partial charge is 0.494 e. The van der Waals surface area contributed by atoms with Crippen molar-refractivity contribution in [2.24, 2.45) is 0 Å². The van der Waals surface area contributed by atoms with Gasteiger partial charge in [-0.2, -0.15) is 0 Å². The van der Waals surface area contributed by atoms with Crippen LogP contribution in [0.3, 0.4) is 0 Å². The molecule has 2 N–H and O–H groups in total. The lowest BCUT2D eigenvalue weighted by atomic mass is 10.2. The van der Waals surface area contributed by atoms with Crippen molar-refractivity contribution < 1.29 is 9.53 Å². The van der Waals surface area contributed by atoms with Gasteiger partial charge in [-0.3, -0.25) is 4.79 Å². The van der Waals surface area contributed by atoms with Crippen LogP contribution in [0.5, 0.6) is 5.75 Å². The van der Waals surface area contributed by atoms with Gasteiger partial charge in [-0.25, -0.2) is 0 Å². The molecule has 4 heteroatoms. The number of nitrogens with one attached hydrogen (secondary N) is 2. The van der Waals surface area contributed by atoms with Gasteiger partial charge in [0.05, 0.1) is 6.61 Å². The van der Waals surface area contributed by atoms with Crippen LogP contribution in [0.2, 0.25) is 0 Å². The second-order valence-corrected chi connectivity index (χ2v) is 4.93. The smallest absolute Gasteiger partial charge is 0.221 e. The van der Waals surface area contributed by atoms with Gasteiger partial charge in [0.1, 0.15) is 5.75 Å². The van der Waals surface area contributed by atoms with Crippen molar-refractivity contribution in [1.29, 1.82) is 0 Å². The molecule has 1 aromatic rings. The van der Waals surface area contributed by atoms with Gasteiger partial charge in [-0.05, 0) is 24.1 Å². The van der Waals surface area contributed by atoms with Crippen molar-refractivity contribution >= 4 is 5.91 Å². The molecule has 1 amide bonds. The summed E-state index contributed by atoms with van der Waals surface area (Å²) < 4.78 is 5.62. The number of carbonyl (C=O) groups excluding carboxylic acids is 1. The van der Waals surface area contributed by atoms with Crippen molar-refractivity contribution in [2.75, 3.05) is 13.2 Å². The highest BCUT2D eigenvalue weighted by Gasteiger charge is 2.20. The third kappa shape index (κ3) is 4.56. The summed E-state index contributed by atoms with van der Waals surface area (Å²) in [5, 5.41) is 6.20. The van der Waals surface area contributed by atoms with E-state index in [9.17, 15) is 4.79 Å². The number of carbonyl (C=O) groups is 1. The molecule has 0 radical (unpaired) electrons. The lowest BCUT2D eigenvalue weighted by molar-refractivity contribution is -0.119. The quantitative estimate of drug-likeness (QED) is 0.737. The van der Waals surface area contributed by atoms with Crippen LogP contribution in [0.15, 0.2) is 24.3 Å². The molecule has 1 aromatic carbocycles. The molecule has 1 heterocycles. The zero-order valence-corrected chi connectivity index (χ0v) is 11.4. The highest BCUT2D eigenvalue weighted by Crippen LogP contribution is 2.13. The molecule has 4 nitrogen and oxygen atoms in total. The Morgan fingerprint density at radius 2 is 2.16 bits per heavy atom. The Balaban J connectivity index is 1.73. The van der Waals surface area contributed by atoms with E-state index in [-0.39, 0.29) is 11.9 Å². The molecule has 0 aromatic heterocycles. The number of amides is 1. The molecule has 1 aliphatic heterocycles. The predicted molar refractivity (Wildman–Crippen MR) is 75.1 cm³/mol. The van der Waals surface area contributed by atoms with Crippen molar-refractivity contribution in [3.8, 4) is 5.75 Å². The molecule has 1 unspecified atom stereocenters. The van der Waals surface area contributed by atoms with Crippen LogP contribution in [0.4, 0.5) is 0 Å². The third-order valence-corrected chi connectivity index (χ3v) is 3.26. The molecule has 19 heavy (non-hydrogen) atoms. The minimum absolute atomic E-state index is 0.136. The molecule has 0 aliphatic carbocycles. The van der Waals surface area contributed by atoms with Crippen LogP contribution >= 0.6 is 0 Å². The normalized spacial score (nSPS) is 18.4. The Morgan fingerprint density at radius 3 is 2.79 bits per heavy atom. The third-order valence-electron chi connectivity index (χ3n) is 3.26. The summed E-state index contributed by atoms with van der Waals surface area (Å²) in [6, 6.07) is 8.40. The van der Waals surface area contributed by atoms with Crippen LogP contribution in [0.1, 0.15) is 31.7 Å². The minimum atomic E-state index is 0.136. The molecule has 0 spiro atoms. The fraction of sp³-hybridized carbons (Fsp3) is 0.533. The molecule has 1 atom stereocenters. The van der Waals surface area contributed by atoms with Crippen molar-refractivity contribution in [2.45, 2.75) is 38.8 Å². The lowest BCUT2D eigenvalue weighted by Gasteiger charge is -2.11. The minimum Gasteiger partial charge on any atom is -0.494 e. The maximum Gasteiger partial charge on any atom is 0.221 e. The highest BCUT2D eigenvalue weighted by atomic mass is 16.5. The summed E-state index contributed by atoms with van der Waals surface area (Å²) >= 11 is 0. The molecule has 2 rings (SSSR count). The zero-order valence-electron chi connectivity index (χ0n) is 11.4. The van der Waals surface area contributed by atoms with E-state index in [2.05, 4.69) is 29.7 Å². The number of rotatable bonds is 7. The summed E-state index contributed by atoms with van der Waals surface area (Å²) in [5.74, 6) is 1.06. The van der Waals surface area contributed by atoms with Gasteiger partial charge in [-0.1, -0.05) is 25.5 Å². The van der Waals surface area contributed by atoms with E-state index in [1.807, 2.05) is 12.1 Å². The lowest BCUT2D eigenvalue weighted by Crippen LogP contribution is -2.30. The Kier molecular flexibility index (Phi) is 5.21.